The summed E-state index contributed by atoms with van der Waals surface area (Å²) in [7, 11) is 0. The molecule has 100 valence electrons. The van der Waals surface area contributed by atoms with Crippen molar-refractivity contribution >= 4 is 5.97 Å². The molecule has 1 aromatic heterocycles. The third-order valence-corrected chi connectivity index (χ3v) is 2.59. The molecule has 0 saturated carbocycles. The van der Waals surface area contributed by atoms with Gasteiger partial charge in [-0.3, -0.25) is 0 Å². The Kier molecular flexibility index (Phi) is 3.55. The molecule has 5 nitrogen and oxygen atoms in total. The van der Waals surface area contributed by atoms with Crippen LogP contribution in [-0.4, -0.2) is 28.0 Å². The number of hydrogen-bond donors (Lipinski definition) is 1. The molecule has 2 rings (SSSR count). The zero-order valence-corrected chi connectivity index (χ0v) is 10.3. The number of aromatic nitrogens is 3. The largest absolute Gasteiger partial charge is 0.461 e. The minimum atomic E-state index is -0.778. The van der Waals surface area contributed by atoms with E-state index in [-0.39, 0.29) is 29.1 Å². The summed E-state index contributed by atoms with van der Waals surface area (Å²) in [6, 6.07) is 2.32. The summed E-state index contributed by atoms with van der Waals surface area (Å²) in [5.41, 5.74) is -0.281. The second-order valence-corrected chi connectivity index (χ2v) is 3.78. The average Bonchev–Trinajstić information content (AvgIpc) is 2.85. The van der Waals surface area contributed by atoms with Crippen LogP contribution >= 0.6 is 0 Å². The highest BCUT2D eigenvalue weighted by Crippen LogP contribution is 2.26. The average molecular weight is 267 g/mol. The molecule has 19 heavy (non-hydrogen) atoms. The Morgan fingerprint density at radius 2 is 2.11 bits per heavy atom. The smallest absolute Gasteiger partial charge is 0.361 e. The maximum atomic E-state index is 14.0. The van der Waals surface area contributed by atoms with E-state index >= 15 is 0 Å². The second-order valence-electron chi connectivity index (χ2n) is 3.78. The van der Waals surface area contributed by atoms with Gasteiger partial charge in [-0.15, -0.1) is 5.10 Å². The highest BCUT2D eigenvalue weighted by atomic mass is 19.1. The van der Waals surface area contributed by atoms with E-state index in [9.17, 15) is 13.6 Å². The van der Waals surface area contributed by atoms with Gasteiger partial charge in [0, 0.05) is 11.1 Å². The number of hydrogen-bond acceptors (Lipinski definition) is 4. The molecular weight excluding hydrogens is 256 g/mol. The van der Waals surface area contributed by atoms with Crippen molar-refractivity contribution in [1.29, 1.82) is 0 Å². The molecule has 0 saturated heterocycles. The monoisotopic (exact) mass is 267 g/mol. The summed E-state index contributed by atoms with van der Waals surface area (Å²) in [4.78, 5) is 11.6. The Bertz CT molecular complexity index is 625. The van der Waals surface area contributed by atoms with Gasteiger partial charge in [0.05, 0.1) is 6.61 Å². The van der Waals surface area contributed by atoms with Gasteiger partial charge in [0.2, 0.25) is 0 Å². The van der Waals surface area contributed by atoms with Gasteiger partial charge in [0.15, 0.2) is 5.69 Å². The van der Waals surface area contributed by atoms with E-state index in [0.29, 0.717) is 0 Å². The van der Waals surface area contributed by atoms with E-state index < -0.39 is 17.6 Å². The van der Waals surface area contributed by atoms with Crippen molar-refractivity contribution in [1.82, 2.24) is 15.4 Å². The standard InChI is InChI=1S/C12H11F2N3O2/c1-3-19-12(18)11-10(15-17-16-11)7-4-5-8(13)6(2)9(7)14/h4-5H,3H2,1-2H3,(H,15,16,17). The Labute approximate surface area is 107 Å². The van der Waals surface area contributed by atoms with Gasteiger partial charge < -0.3 is 4.74 Å². The SMILES string of the molecule is CCOC(=O)c1n[nH]nc1-c1ccc(F)c(C)c1F. The number of nitrogens with zero attached hydrogens (tertiary/aromatic N) is 2. The van der Waals surface area contributed by atoms with Gasteiger partial charge >= 0.3 is 5.97 Å². The van der Waals surface area contributed by atoms with Gasteiger partial charge in [-0.05, 0) is 26.0 Å². The molecule has 1 heterocycles. The minimum absolute atomic E-state index is 0.000880. The molecule has 0 radical (unpaired) electrons. The Balaban J connectivity index is 2.52. The van der Waals surface area contributed by atoms with Crippen LogP contribution in [0.3, 0.4) is 0 Å². The van der Waals surface area contributed by atoms with E-state index in [1.165, 1.54) is 13.0 Å². The van der Waals surface area contributed by atoms with E-state index in [4.69, 9.17) is 4.74 Å². The number of H-pyrrole nitrogens is 1. The summed E-state index contributed by atoms with van der Waals surface area (Å²) in [6.45, 7) is 3.11. The quantitative estimate of drug-likeness (QED) is 0.866. The zero-order chi connectivity index (χ0) is 14.0. The van der Waals surface area contributed by atoms with Gasteiger partial charge in [0.25, 0.3) is 0 Å². The topological polar surface area (TPSA) is 67.9 Å². The number of halogens is 2. The first-order chi connectivity index (χ1) is 9.06. The van der Waals surface area contributed by atoms with Gasteiger partial charge in [-0.25, -0.2) is 13.6 Å². The molecule has 0 aliphatic rings. The van der Waals surface area contributed by atoms with Crippen molar-refractivity contribution in [2.75, 3.05) is 6.61 Å². The number of carbonyl (C=O) groups is 1. The van der Waals surface area contributed by atoms with Crippen LogP contribution in [0.15, 0.2) is 12.1 Å². The van der Waals surface area contributed by atoms with Crippen molar-refractivity contribution in [3.05, 3.63) is 35.0 Å². The molecule has 7 heteroatoms. The van der Waals surface area contributed by atoms with Crippen LogP contribution < -0.4 is 0 Å². The van der Waals surface area contributed by atoms with Crippen molar-refractivity contribution in [2.24, 2.45) is 0 Å². The molecule has 0 amide bonds. The van der Waals surface area contributed by atoms with Gasteiger partial charge in [-0.2, -0.15) is 10.3 Å². The number of benzene rings is 1. The predicted molar refractivity (Wildman–Crippen MR) is 62.4 cm³/mol. The third kappa shape index (κ3) is 2.31. The second kappa shape index (κ2) is 5.13. The molecule has 0 fully saturated rings. The fraction of sp³-hybridized carbons (Fsp3) is 0.250. The minimum Gasteiger partial charge on any atom is -0.461 e. The summed E-state index contributed by atoms with van der Waals surface area (Å²) in [6.07, 6.45) is 0. The highest BCUT2D eigenvalue weighted by Gasteiger charge is 2.22. The zero-order valence-electron chi connectivity index (χ0n) is 10.3. The first kappa shape index (κ1) is 13.1. The van der Waals surface area contributed by atoms with Crippen LogP contribution in [0.25, 0.3) is 11.3 Å². The lowest BCUT2D eigenvalue weighted by atomic mass is 10.1. The van der Waals surface area contributed by atoms with Crippen molar-refractivity contribution in [3.63, 3.8) is 0 Å². The van der Waals surface area contributed by atoms with Gasteiger partial charge in [0.1, 0.15) is 17.3 Å². The molecule has 0 spiro atoms. The molecule has 1 aromatic carbocycles. The molecule has 0 atom stereocenters. The summed E-state index contributed by atoms with van der Waals surface area (Å²) >= 11 is 0. The maximum Gasteiger partial charge on any atom is 0.361 e. The molecule has 0 bridgehead atoms. The van der Waals surface area contributed by atoms with Crippen LogP contribution in [0.4, 0.5) is 8.78 Å². The number of carbonyl (C=O) groups excluding carboxylic acids is 1. The number of aromatic amines is 1. The van der Waals surface area contributed by atoms with Crippen LogP contribution in [-0.2, 0) is 4.74 Å². The van der Waals surface area contributed by atoms with E-state index in [0.717, 1.165) is 6.07 Å². The highest BCUT2D eigenvalue weighted by molar-refractivity contribution is 5.94. The normalized spacial score (nSPS) is 10.5. The lowest BCUT2D eigenvalue weighted by molar-refractivity contribution is 0.0520. The first-order valence-electron chi connectivity index (χ1n) is 5.59. The van der Waals surface area contributed by atoms with Crippen LogP contribution in [0.5, 0.6) is 0 Å². The van der Waals surface area contributed by atoms with Gasteiger partial charge in [-0.1, -0.05) is 0 Å². The number of rotatable bonds is 3. The fourth-order valence-electron chi connectivity index (χ4n) is 1.60. The van der Waals surface area contributed by atoms with Crippen molar-refractivity contribution in [3.8, 4) is 11.3 Å². The van der Waals surface area contributed by atoms with E-state index in [2.05, 4.69) is 15.4 Å². The molecule has 0 unspecified atom stereocenters. The van der Waals surface area contributed by atoms with E-state index in [1.54, 1.807) is 6.92 Å². The summed E-state index contributed by atoms with van der Waals surface area (Å²) in [5.74, 6) is -2.16. The Morgan fingerprint density at radius 3 is 2.79 bits per heavy atom. The third-order valence-electron chi connectivity index (χ3n) is 2.59. The lowest BCUT2D eigenvalue weighted by Gasteiger charge is -2.05. The van der Waals surface area contributed by atoms with Crippen molar-refractivity contribution in [2.45, 2.75) is 13.8 Å². The number of nitrogens with one attached hydrogen (secondary N) is 1. The molecule has 0 aliphatic heterocycles. The fourth-order valence-corrected chi connectivity index (χ4v) is 1.60. The first-order valence-corrected chi connectivity index (χ1v) is 5.59. The van der Waals surface area contributed by atoms with Crippen molar-refractivity contribution < 1.29 is 18.3 Å². The predicted octanol–water partition coefficient (Wildman–Crippen LogP) is 2.24. The molecular formula is C12H11F2N3O2. The Morgan fingerprint density at radius 1 is 1.37 bits per heavy atom. The maximum absolute atomic E-state index is 14.0. The number of esters is 1. The molecule has 1 N–H and O–H groups in total. The summed E-state index contributed by atoms with van der Waals surface area (Å²) in [5, 5.41) is 9.59. The molecule has 2 aromatic rings. The van der Waals surface area contributed by atoms with E-state index in [1.807, 2.05) is 0 Å². The molecule has 0 aliphatic carbocycles. The summed E-state index contributed by atoms with van der Waals surface area (Å²) < 4.78 is 32.0. The van der Waals surface area contributed by atoms with Crippen LogP contribution in [0.2, 0.25) is 0 Å². The van der Waals surface area contributed by atoms with Crippen LogP contribution in [0, 0.1) is 18.6 Å². The van der Waals surface area contributed by atoms with Crippen LogP contribution in [0.1, 0.15) is 23.0 Å². The lowest BCUT2D eigenvalue weighted by Crippen LogP contribution is -2.07. The number of ether oxygens (including phenoxy) is 1. The Hall–Kier alpha value is -2.31.